The van der Waals surface area contributed by atoms with Gasteiger partial charge in [0.05, 0.1) is 18.7 Å². The van der Waals surface area contributed by atoms with Crippen molar-refractivity contribution in [2.24, 2.45) is 5.41 Å². The molecule has 0 radical (unpaired) electrons. The van der Waals surface area contributed by atoms with Crippen molar-refractivity contribution in [1.82, 2.24) is 10.2 Å². The zero-order valence-electron chi connectivity index (χ0n) is 18.1. The number of carbonyl (C=O) groups is 3. The lowest BCUT2D eigenvalue weighted by Gasteiger charge is -2.35. The number of allylic oxidation sites excluding steroid dienone is 1. The Kier molecular flexibility index (Phi) is 7.06. The van der Waals surface area contributed by atoms with Crippen LogP contribution < -0.4 is 10.6 Å². The van der Waals surface area contributed by atoms with Gasteiger partial charge in [0, 0.05) is 23.3 Å². The van der Waals surface area contributed by atoms with E-state index in [4.69, 9.17) is 4.74 Å². The molecule has 2 rings (SSSR count). The van der Waals surface area contributed by atoms with Gasteiger partial charge in [-0.05, 0) is 31.0 Å². The Morgan fingerprint density at radius 2 is 1.83 bits per heavy atom. The Hall–Kier alpha value is -2.83. The quantitative estimate of drug-likeness (QED) is 0.706. The van der Waals surface area contributed by atoms with Crippen molar-refractivity contribution in [3.05, 3.63) is 41.1 Å². The Bertz CT molecular complexity index is 806. The van der Waals surface area contributed by atoms with E-state index in [0.29, 0.717) is 23.5 Å². The predicted octanol–water partition coefficient (Wildman–Crippen LogP) is 3.98. The van der Waals surface area contributed by atoms with Crippen molar-refractivity contribution >= 4 is 23.6 Å². The second-order valence-electron chi connectivity index (χ2n) is 8.20. The molecule has 1 aromatic rings. The highest BCUT2D eigenvalue weighted by Gasteiger charge is 2.36. The van der Waals surface area contributed by atoms with E-state index in [0.717, 1.165) is 18.4 Å². The molecule has 0 bridgehead atoms. The minimum atomic E-state index is -0.611. The van der Waals surface area contributed by atoms with Gasteiger partial charge in [-0.2, -0.15) is 0 Å². The van der Waals surface area contributed by atoms with Crippen LogP contribution in [0.5, 0.6) is 0 Å². The van der Waals surface area contributed by atoms with Gasteiger partial charge in [0.2, 0.25) is 5.91 Å². The van der Waals surface area contributed by atoms with E-state index in [1.807, 2.05) is 27.7 Å². The van der Waals surface area contributed by atoms with E-state index in [1.54, 1.807) is 36.1 Å². The first-order valence-corrected chi connectivity index (χ1v) is 9.88. The number of hydrogen-bond acceptors (Lipinski definition) is 4. The van der Waals surface area contributed by atoms with Gasteiger partial charge in [0.15, 0.2) is 0 Å². The minimum absolute atomic E-state index is 0.0891. The van der Waals surface area contributed by atoms with E-state index in [2.05, 4.69) is 10.6 Å². The molecule has 0 aliphatic carbocycles. The maximum Gasteiger partial charge on any atom is 0.337 e. The van der Waals surface area contributed by atoms with Gasteiger partial charge in [0.1, 0.15) is 0 Å². The summed E-state index contributed by atoms with van der Waals surface area (Å²) in [6.45, 7) is 9.88. The molecule has 2 N–H and O–H groups in total. The van der Waals surface area contributed by atoms with E-state index >= 15 is 0 Å². The highest BCUT2D eigenvalue weighted by Crippen LogP contribution is 2.32. The van der Waals surface area contributed by atoms with Crippen LogP contribution in [0, 0.1) is 5.41 Å². The summed E-state index contributed by atoms with van der Waals surface area (Å²) in [4.78, 5) is 38.9. The number of anilines is 1. The first-order valence-electron chi connectivity index (χ1n) is 9.88. The van der Waals surface area contributed by atoms with Gasteiger partial charge in [-0.1, -0.05) is 46.2 Å². The molecule has 0 fully saturated rings. The molecular formula is C22H31N3O4. The first-order chi connectivity index (χ1) is 13.6. The predicted molar refractivity (Wildman–Crippen MR) is 112 cm³/mol. The second-order valence-corrected chi connectivity index (χ2v) is 8.20. The van der Waals surface area contributed by atoms with Crippen LogP contribution in [0.25, 0.3) is 0 Å². The summed E-state index contributed by atoms with van der Waals surface area (Å²) in [5, 5.41) is 5.78. The van der Waals surface area contributed by atoms with Crippen molar-refractivity contribution in [2.75, 3.05) is 19.0 Å². The summed E-state index contributed by atoms with van der Waals surface area (Å²) in [5.74, 6) is -0.562. The maximum atomic E-state index is 12.6. The summed E-state index contributed by atoms with van der Waals surface area (Å²) in [7, 11) is 1.33. The molecule has 3 amide bonds. The number of benzene rings is 1. The van der Waals surface area contributed by atoms with Gasteiger partial charge < -0.3 is 15.4 Å². The fourth-order valence-electron chi connectivity index (χ4n) is 3.07. The molecule has 158 valence electrons. The Morgan fingerprint density at radius 1 is 1.21 bits per heavy atom. The molecule has 1 aliphatic heterocycles. The van der Waals surface area contributed by atoms with E-state index in [-0.39, 0.29) is 11.9 Å². The second kappa shape index (κ2) is 9.11. The minimum Gasteiger partial charge on any atom is -0.466 e. The van der Waals surface area contributed by atoms with Gasteiger partial charge >= 0.3 is 12.0 Å². The van der Waals surface area contributed by atoms with Crippen LogP contribution in [-0.4, -0.2) is 36.5 Å². The summed E-state index contributed by atoms with van der Waals surface area (Å²) < 4.78 is 4.98. The average molecular weight is 402 g/mol. The van der Waals surface area contributed by atoms with Crippen LogP contribution in [0.15, 0.2) is 35.5 Å². The van der Waals surface area contributed by atoms with E-state index in [1.165, 1.54) is 7.11 Å². The third-order valence-electron chi connectivity index (χ3n) is 4.92. The highest BCUT2D eigenvalue weighted by atomic mass is 16.5. The molecule has 1 heterocycles. The molecule has 29 heavy (non-hydrogen) atoms. The number of rotatable bonds is 6. The van der Waals surface area contributed by atoms with Crippen LogP contribution in [0.3, 0.4) is 0 Å². The maximum absolute atomic E-state index is 12.6. The zero-order chi connectivity index (χ0) is 21.8. The smallest absolute Gasteiger partial charge is 0.337 e. The van der Waals surface area contributed by atoms with Gasteiger partial charge in [-0.15, -0.1) is 0 Å². The van der Waals surface area contributed by atoms with Crippen molar-refractivity contribution in [1.29, 1.82) is 0 Å². The molecule has 1 aromatic carbocycles. The number of methoxy groups -OCH3 is 1. The molecule has 1 atom stereocenters. The third kappa shape index (κ3) is 5.16. The summed E-state index contributed by atoms with van der Waals surface area (Å²) in [6, 6.07) is 6.26. The van der Waals surface area contributed by atoms with Crippen LogP contribution in [0.1, 0.15) is 59.1 Å². The topological polar surface area (TPSA) is 87.7 Å². The Labute approximate surface area is 172 Å². The summed E-state index contributed by atoms with van der Waals surface area (Å²) in [5.41, 5.74) is 1.90. The van der Waals surface area contributed by atoms with Gasteiger partial charge in [-0.3, -0.25) is 9.69 Å². The number of urea groups is 1. The molecule has 1 aliphatic rings. The summed E-state index contributed by atoms with van der Waals surface area (Å²) in [6.07, 6.45) is 1.78. The lowest BCUT2D eigenvalue weighted by Crippen LogP contribution is -2.48. The van der Waals surface area contributed by atoms with Crippen molar-refractivity contribution in [3.63, 3.8) is 0 Å². The van der Waals surface area contributed by atoms with Crippen LogP contribution in [0.4, 0.5) is 10.5 Å². The lowest BCUT2D eigenvalue weighted by atomic mass is 9.94. The van der Waals surface area contributed by atoms with Gasteiger partial charge in [-0.25, -0.2) is 9.59 Å². The largest absolute Gasteiger partial charge is 0.466 e. The number of unbranched alkanes of at least 4 members (excludes halogenated alkanes) is 1. The van der Waals surface area contributed by atoms with E-state index in [9.17, 15) is 14.4 Å². The van der Waals surface area contributed by atoms with E-state index < -0.39 is 17.4 Å². The van der Waals surface area contributed by atoms with Gasteiger partial charge in [0.25, 0.3) is 0 Å². The molecule has 0 spiro atoms. The van der Waals surface area contributed by atoms with Crippen molar-refractivity contribution in [3.8, 4) is 0 Å². The number of carbonyl (C=O) groups excluding carboxylic acids is 3. The Balaban J connectivity index is 2.34. The molecular weight excluding hydrogens is 370 g/mol. The SMILES string of the molecule is CCCCN1C(=O)N[C@@H](c2ccc(NC(=O)C(C)(C)C)cc2)C(C(=O)OC)=C1C. The zero-order valence-corrected chi connectivity index (χ0v) is 18.1. The number of nitrogens with one attached hydrogen (secondary N) is 2. The standard InChI is InChI=1S/C22H31N3O4/c1-7-8-13-25-14(2)17(19(26)29-6)18(24-21(25)28)15-9-11-16(12-10-15)23-20(27)22(3,4)5/h9-12,18H,7-8,13H2,1-6H3,(H,23,27)(H,24,28)/t18-/m0/s1. The number of hydrogen-bond donors (Lipinski definition) is 2. The van der Waals surface area contributed by atoms with Crippen molar-refractivity contribution in [2.45, 2.75) is 53.5 Å². The molecule has 0 saturated heterocycles. The summed E-state index contributed by atoms with van der Waals surface area (Å²) >= 11 is 0. The molecule has 0 saturated carbocycles. The fraction of sp³-hybridized carbons (Fsp3) is 0.500. The highest BCUT2D eigenvalue weighted by molar-refractivity contribution is 5.96. The van der Waals surface area contributed by atoms with Crippen molar-refractivity contribution < 1.29 is 19.1 Å². The average Bonchev–Trinajstić information content (AvgIpc) is 2.66. The normalized spacial score (nSPS) is 17.1. The molecule has 7 nitrogen and oxygen atoms in total. The van der Waals surface area contributed by atoms with Crippen LogP contribution >= 0.6 is 0 Å². The number of nitrogens with zero attached hydrogens (tertiary/aromatic N) is 1. The molecule has 0 aromatic heterocycles. The lowest BCUT2D eigenvalue weighted by molar-refractivity contribution is -0.136. The molecule has 0 unspecified atom stereocenters. The third-order valence-corrected chi connectivity index (χ3v) is 4.92. The first kappa shape index (κ1) is 22.5. The number of esters is 1. The monoisotopic (exact) mass is 401 g/mol. The van der Waals surface area contributed by atoms with Crippen LogP contribution in [-0.2, 0) is 14.3 Å². The number of ether oxygens (including phenoxy) is 1. The fourth-order valence-corrected chi connectivity index (χ4v) is 3.07. The molecule has 7 heteroatoms. The van der Waals surface area contributed by atoms with Crippen LogP contribution in [0.2, 0.25) is 0 Å². The number of amides is 3. The Morgan fingerprint density at radius 3 is 2.34 bits per heavy atom.